The molecule has 0 aliphatic carbocycles. The molecule has 1 amide bonds. The summed E-state index contributed by atoms with van der Waals surface area (Å²) in [5, 5.41) is 3.85. The van der Waals surface area contributed by atoms with E-state index in [0.29, 0.717) is 36.5 Å². The molecule has 0 unspecified atom stereocenters. The predicted octanol–water partition coefficient (Wildman–Crippen LogP) is 1.07. The first-order valence-corrected chi connectivity index (χ1v) is 9.59. The Bertz CT molecular complexity index is 664. The van der Waals surface area contributed by atoms with Gasteiger partial charge in [-0.05, 0) is 39.5 Å². The van der Waals surface area contributed by atoms with Crippen molar-refractivity contribution >= 4 is 16.1 Å². The largest absolute Gasteiger partial charge is 0.361 e. The molecule has 1 aromatic rings. The van der Waals surface area contributed by atoms with E-state index < -0.39 is 10.2 Å². The summed E-state index contributed by atoms with van der Waals surface area (Å²) in [6.45, 7) is 4.47. The summed E-state index contributed by atoms with van der Waals surface area (Å²) in [5.74, 6) is 0.446. The van der Waals surface area contributed by atoms with Crippen molar-refractivity contribution in [2.75, 3.05) is 27.2 Å². The smallest absolute Gasteiger partial charge is 0.278 e. The van der Waals surface area contributed by atoms with Crippen molar-refractivity contribution in [3.63, 3.8) is 0 Å². The molecule has 1 aliphatic heterocycles. The fourth-order valence-corrected chi connectivity index (χ4v) is 3.62. The Morgan fingerprint density at radius 2 is 2.08 bits per heavy atom. The summed E-state index contributed by atoms with van der Waals surface area (Å²) in [6.07, 6.45) is 3.45. The minimum absolute atomic E-state index is 0.0183. The Hall–Kier alpha value is -1.45. The molecule has 8 nitrogen and oxygen atoms in total. The van der Waals surface area contributed by atoms with Gasteiger partial charge in [0.1, 0.15) is 11.3 Å². The third-order valence-corrected chi connectivity index (χ3v) is 5.91. The third kappa shape index (κ3) is 4.14. The topological polar surface area (TPSA) is 95.7 Å². The summed E-state index contributed by atoms with van der Waals surface area (Å²) >= 11 is 0. The van der Waals surface area contributed by atoms with Crippen LogP contribution in [0.2, 0.25) is 0 Å². The van der Waals surface area contributed by atoms with Crippen LogP contribution < -0.4 is 4.72 Å². The van der Waals surface area contributed by atoms with E-state index >= 15 is 0 Å². The molecule has 1 N–H and O–H groups in total. The van der Waals surface area contributed by atoms with Crippen molar-refractivity contribution in [2.24, 2.45) is 0 Å². The minimum atomic E-state index is -3.44. The monoisotopic (exact) mass is 358 g/mol. The average molecular weight is 358 g/mol. The number of carbonyl (C=O) groups is 1. The van der Waals surface area contributed by atoms with Crippen LogP contribution in [-0.2, 0) is 10.2 Å². The number of aromatic nitrogens is 1. The molecule has 1 atom stereocenters. The number of hydrogen-bond acceptors (Lipinski definition) is 5. The van der Waals surface area contributed by atoms with E-state index in [0.717, 1.165) is 23.6 Å². The van der Waals surface area contributed by atoms with Crippen LogP contribution in [0.25, 0.3) is 0 Å². The van der Waals surface area contributed by atoms with Crippen molar-refractivity contribution in [1.29, 1.82) is 0 Å². The maximum absolute atomic E-state index is 12.9. The third-order valence-electron chi connectivity index (χ3n) is 4.38. The maximum atomic E-state index is 12.9. The number of piperidine rings is 1. The van der Waals surface area contributed by atoms with Crippen molar-refractivity contribution in [2.45, 2.75) is 45.6 Å². The molecule has 1 aliphatic rings. The zero-order valence-electron chi connectivity index (χ0n) is 14.7. The fourth-order valence-electron chi connectivity index (χ4n) is 2.98. The lowest BCUT2D eigenvalue weighted by molar-refractivity contribution is 0.0601. The molecule has 2 heterocycles. The highest BCUT2D eigenvalue weighted by molar-refractivity contribution is 7.87. The summed E-state index contributed by atoms with van der Waals surface area (Å²) in [6, 6.07) is 0.0183. The number of amides is 1. The fraction of sp³-hybridized carbons (Fsp3) is 0.733. The Kier molecular flexibility index (Phi) is 6.00. The molecule has 0 saturated carbocycles. The molecular weight excluding hydrogens is 332 g/mol. The van der Waals surface area contributed by atoms with Gasteiger partial charge in [0.15, 0.2) is 0 Å². The van der Waals surface area contributed by atoms with Gasteiger partial charge in [-0.15, -0.1) is 0 Å². The Labute approximate surface area is 143 Å². The molecule has 0 radical (unpaired) electrons. The minimum Gasteiger partial charge on any atom is -0.361 e. The van der Waals surface area contributed by atoms with Gasteiger partial charge in [0.05, 0.1) is 5.69 Å². The first kappa shape index (κ1) is 18.9. The Balaban J connectivity index is 2.04. The first-order valence-electron chi connectivity index (χ1n) is 8.15. The predicted molar refractivity (Wildman–Crippen MR) is 89.9 cm³/mol. The van der Waals surface area contributed by atoms with E-state index in [9.17, 15) is 13.2 Å². The number of aryl methyl sites for hydroxylation is 2. The Morgan fingerprint density at radius 3 is 2.67 bits per heavy atom. The number of carbonyl (C=O) groups excluding carboxylic acids is 1. The van der Waals surface area contributed by atoms with Gasteiger partial charge in [-0.3, -0.25) is 4.79 Å². The van der Waals surface area contributed by atoms with E-state index in [-0.39, 0.29) is 11.9 Å². The molecule has 24 heavy (non-hydrogen) atoms. The highest BCUT2D eigenvalue weighted by atomic mass is 32.2. The summed E-state index contributed by atoms with van der Waals surface area (Å²) in [5.41, 5.74) is 1.12. The number of hydrogen-bond donors (Lipinski definition) is 1. The second kappa shape index (κ2) is 7.62. The van der Waals surface area contributed by atoms with Crippen LogP contribution in [0.5, 0.6) is 0 Å². The maximum Gasteiger partial charge on any atom is 0.278 e. The molecule has 136 valence electrons. The highest BCUT2D eigenvalue weighted by Gasteiger charge is 2.30. The number of rotatable bonds is 6. The molecule has 0 bridgehead atoms. The molecule has 0 aromatic carbocycles. The van der Waals surface area contributed by atoms with Crippen molar-refractivity contribution < 1.29 is 17.7 Å². The zero-order chi connectivity index (χ0) is 17.9. The van der Waals surface area contributed by atoms with Crippen LogP contribution in [0, 0.1) is 13.8 Å². The molecule has 2 rings (SSSR count). The lowest BCUT2D eigenvalue weighted by Crippen LogP contribution is -2.46. The first-order chi connectivity index (χ1) is 11.2. The van der Waals surface area contributed by atoms with Crippen LogP contribution >= 0.6 is 0 Å². The quantitative estimate of drug-likeness (QED) is 0.821. The van der Waals surface area contributed by atoms with Gasteiger partial charge < -0.3 is 9.42 Å². The van der Waals surface area contributed by atoms with E-state index in [2.05, 4.69) is 9.88 Å². The summed E-state index contributed by atoms with van der Waals surface area (Å²) in [4.78, 5) is 14.7. The van der Waals surface area contributed by atoms with Gasteiger partial charge in [-0.2, -0.15) is 12.7 Å². The van der Waals surface area contributed by atoms with Crippen LogP contribution in [-0.4, -0.2) is 61.9 Å². The highest BCUT2D eigenvalue weighted by Crippen LogP contribution is 2.24. The Morgan fingerprint density at radius 1 is 1.38 bits per heavy atom. The van der Waals surface area contributed by atoms with Gasteiger partial charge in [0, 0.05) is 33.2 Å². The van der Waals surface area contributed by atoms with Gasteiger partial charge in [0.25, 0.3) is 16.1 Å². The van der Waals surface area contributed by atoms with E-state index in [4.69, 9.17) is 4.52 Å². The van der Waals surface area contributed by atoms with Gasteiger partial charge in [0.2, 0.25) is 0 Å². The summed E-state index contributed by atoms with van der Waals surface area (Å²) < 4.78 is 32.3. The lowest BCUT2D eigenvalue weighted by Gasteiger charge is -2.36. The number of likely N-dealkylation sites (tertiary alicyclic amines) is 1. The number of nitrogens with one attached hydrogen (secondary N) is 1. The molecule has 1 saturated heterocycles. The van der Waals surface area contributed by atoms with E-state index in [1.165, 1.54) is 14.1 Å². The lowest BCUT2D eigenvalue weighted by atomic mass is 9.98. The van der Waals surface area contributed by atoms with Crippen molar-refractivity contribution in [3.05, 3.63) is 17.0 Å². The normalized spacial score (nSPS) is 19.0. The van der Waals surface area contributed by atoms with Crippen LogP contribution in [0.1, 0.15) is 47.5 Å². The molecule has 9 heteroatoms. The molecular formula is C15H26N4O4S. The zero-order valence-corrected chi connectivity index (χ0v) is 15.5. The second-order valence-corrected chi connectivity index (χ2v) is 8.29. The SMILES string of the molecule is Cc1noc(C)c1C(=O)N1CCCC[C@@H]1CCNS(=O)(=O)N(C)C. The van der Waals surface area contributed by atoms with Crippen LogP contribution in [0.15, 0.2) is 4.52 Å². The molecule has 1 aromatic heterocycles. The molecule has 1 fully saturated rings. The number of nitrogens with zero attached hydrogens (tertiary/aromatic N) is 3. The van der Waals surface area contributed by atoms with Gasteiger partial charge in [-0.25, -0.2) is 4.72 Å². The van der Waals surface area contributed by atoms with Gasteiger partial charge >= 0.3 is 0 Å². The van der Waals surface area contributed by atoms with E-state index in [1.54, 1.807) is 13.8 Å². The average Bonchev–Trinajstić information content (AvgIpc) is 2.86. The van der Waals surface area contributed by atoms with Crippen LogP contribution in [0.3, 0.4) is 0 Å². The van der Waals surface area contributed by atoms with Gasteiger partial charge in [-0.1, -0.05) is 5.16 Å². The van der Waals surface area contributed by atoms with E-state index in [1.807, 2.05) is 4.90 Å². The standard InChI is InChI=1S/C15H26N4O4S/c1-11-14(12(2)23-17-11)15(20)19-10-6-5-7-13(19)8-9-16-24(21,22)18(3)4/h13,16H,5-10H2,1-4H3/t13-/m1/s1. The van der Waals surface area contributed by atoms with Crippen molar-refractivity contribution in [1.82, 2.24) is 19.1 Å². The molecule has 0 spiro atoms. The second-order valence-electron chi connectivity index (χ2n) is 6.32. The summed E-state index contributed by atoms with van der Waals surface area (Å²) in [7, 11) is -0.474. The van der Waals surface area contributed by atoms with Crippen LogP contribution in [0.4, 0.5) is 0 Å². The van der Waals surface area contributed by atoms with Crippen molar-refractivity contribution in [3.8, 4) is 0 Å².